The van der Waals surface area contributed by atoms with Gasteiger partial charge in [-0.1, -0.05) is 34.1 Å². The van der Waals surface area contributed by atoms with Gasteiger partial charge in [-0.25, -0.2) is 0 Å². The molecule has 0 radical (unpaired) electrons. The van der Waals surface area contributed by atoms with Crippen molar-refractivity contribution in [3.05, 3.63) is 30.3 Å². The molecule has 0 heterocycles. The number of alkyl halides is 1. The van der Waals surface area contributed by atoms with Crippen LogP contribution in [0.25, 0.3) is 0 Å². The Balaban J connectivity index is 2.80. The van der Waals surface area contributed by atoms with Crippen molar-refractivity contribution in [2.75, 3.05) is 19.4 Å². The molecule has 1 rings (SSSR count). The van der Waals surface area contributed by atoms with Crippen LogP contribution in [0.3, 0.4) is 0 Å². The fourth-order valence-corrected chi connectivity index (χ4v) is 1.33. The van der Waals surface area contributed by atoms with Crippen molar-refractivity contribution in [3.8, 4) is 0 Å². The molecule has 0 atom stereocenters. The maximum atomic E-state index is 11.2. The Morgan fingerprint density at radius 3 is 2.43 bits per heavy atom. The summed E-state index contributed by atoms with van der Waals surface area (Å²) in [4.78, 5) is 11.2. The summed E-state index contributed by atoms with van der Waals surface area (Å²) in [6.07, 6.45) is 0. The Morgan fingerprint density at radius 2 is 1.93 bits per heavy atom. The predicted molar refractivity (Wildman–Crippen MR) is 62.0 cm³/mol. The van der Waals surface area contributed by atoms with E-state index in [2.05, 4.69) is 21.4 Å². The van der Waals surface area contributed by atoms with Crippen LogP contribution in [-0.4, -0.2) is 25.3 Å². The summed E-state index contributed by atoms with van der Waals surface area (Å²) >= 11 is 3.12. The summed E-state index contributed by atoms with van der Waals surface area (Å²) in [6.45, 7) is 0. The first-order valence-corrected chi connectivity index (χ1v) is 5.45. The molecule has 0 aliphatic heterocycles. The van der Waals surface area contributed by atoms with Gasteiger partial charge in [0.1, 0.15) is 0 Å². The average Bonchev–Trinajstić information content (AvgIpc) is 2.18. The standard InChI is InChI=1S/C10H13BrN2O/c1-13(2,12-10(14)8-11)9-6-4-3-5-7-9/h3-7H,8H2,1-2H3/p+1. The van der Waals surface area contributed by atoms with Crippen LogP contribution in [0.2, 0.25) is 0 Å². The monoisotopic (exact) mass is 257 g/mol. The van der Waals surface area contributed by atoms with Gasteiger partial charge in [-0.05, 0) is 0 Å². The molecule has 0 fully saturated rings. The second-order valence-electron chi connectivity index (χ2n) is 3.46. The van der Waals surface area contributed by atoms with Gasteiger partial charge in [0.15, 0.2) is 5.69 Å². The fraction of sp³-hybridized carbons (Fsp3) is 0.300. The summed E-state index contributed by atoms with van der Waals surface area (Å²) in [6, 6.07) is 9.82. The molecule has 0 aliphatic carbocycles. The normalized spacial score (nSPS) is 11.1. The van der Waals surface area contributed by atoms with Gasteiger partial charge in [-0.2, -0.15) is 10.0 Å². The maximum Gasteiger partial charge on any atom is 0.275 e. The van der Waals surface area contributed by atoms with E-state index in [0.29, 0.717) is 9.92 Å². The minimum absolute atomic E-state index is 0.0288. The third-order valence-corrected chi connectivity index (χ3v) is 2.44. The summed E-state index contributed by atoms with van der Waals surface area (Å²) in [7, 11) is 3.85. The number of carbonyl (C=O) groups excluding carboxylic acids is 1. The van der Waals surface area contributed by atoms with E-state index in [0.717, 1.165) is 5.69 Å². The number of hydrogen-bond donors (Lipinski definition) is 1. The van der Waals surface area contributed by atoms with Crippen molar-refractivity contribution in [1.29, 1.82) is 0 Å². The van der Waals surface area contributed by atoms with E-state index in [4.69, 9.17) is 0 Å². The van der Waals surface area contributed by atoms with Crippen LogP contribution in [0.1, 0.15) is 0 Å². The van der Waals surface area contributed by atoms with Gasteiger partial charge < -0.3 is 0 Å². The largest absolute Gasteiger partial charge is 0.275 e. The van der Waals surface area contributed by atoms with E-state index >= 15 is 0 Å². The number of carbonyl (C=O) groups is 1. The van der Waals surface area contributed by atoms with E-state index in [-0.39, 0.29) is 5.91 Å². The highest BCUT2D eigenvalue weighted by Crippen LogP contribution is 2.14. The molecule has 1 aromatic carbocycles. The van der Waals surface area contributed by atoms with Gasteiger partial charge in [0.25, 0.3) is 5.91 Å². The van der Waals surface area contributed by atoms with Gasteiger partial charge >= 0.3 is 0 Å². The number of nitrogens with one attached hydrogen (secondary N) is 1. The third-order valence-electron chi connectivity index (χ3n) is 1.93. The summed E-state index contributed by atoms with van der Waals surface area (Å²) in [5, 5.41) is 0.321. The minimum Gasteiger partial charge on any atom is -0.269 e. The van der Waals surface area contributed by atoms with Crippen LogP contribution < -0.4 is 10.0 Å². The Bertz CT molecular complexity index is 311. The van der Waals surface area contributed by atoms with Crippen molar-refractivity contribution < 1.29 is 4.79 Å². The summed E-state index contributed by atoms with van der Waals surface area (Å²) < 4.78 is 0.352. The first kappa shape index (κ1) is 11.2. The Hall–Kier alpha value is -0.870. The maximum absolute atomic E-state index is 11.2. The second kappa shape index (κ2) is 4.57. The van der Waals surface area contributed by atoms with Gasteiger partial charge in [-0.3, -0.25) is 4.79 Å². The van der Waals surface area contributed by atoms with E-state index in [9.17, 15) is 4.79 Å². The molecule has 0 saturated carbocycles. The topological polar surface area (TPSA) is 29.1 Å². The molecule has 0 spiro atoms. The predicted octanol–water partition coefficient (Wildman–Crippen LogP) is 1.68. The van der Waals surface area contributed by atoms with Crippen LogP contribution in [0.15, 0.2) is 30.3 Å². The number of amides is 1. The molecule has 76 valence electrons. The van der Waals surface area contributed by atoms with Crippen LogP contribution >= 0.6 is 15.9 Å². The lowest BCUT2D eigenvalue weighted by molar-refractivity contribution is -0.121. The SMILES string of the molecule is C[N+](C)(NC(=O)CBr)c1ccccc1. The highest BCUT2D eigenvalue weighted by molar-refractivity contribution is 9.09. The number of rotatable bonds is 3. The van der Waals surface area contributed by atoms with Crippen molar-refractivity contribution in [1.82, 2.24) is 10.0 Å². The zero-order valence-corrected chi connectivity index (χ0v) is 9.91. The average molecular weight is 258 g/mol. The molecule has 1 N–H and O–H groups in total. The van der Waals surface area contributed by atoms with Crippen LogP contribution in [0.4, 0.5) is 5.69 Å². The molecule has 0 unspecified atom stereocenters. The molecular formula is C10H14BrN2O+. The van der Waals surface area contributed by atoms with Crippen LogP contribution in [0, 0.1) is 0 Å². The number of benzene rings is 1. The molecule has 1 aromatic rings. The van der Waals surface area contributed by atoms with Crippen molar-refractivity contribution in [2.45, 2.75) is 0 Å². The first-order valence-electron chi connectivity index (χ1n) is 4.33. The lowest BCUT2D eigenvalue weighted by Crippen LogP contribution is -2.56. The highest BCUT2D eigenvalue weighted by Gasteiger charge is 2.20. The van der Waals surface area contributed by atoms with Gasteiger partial charge in [0.2, 0.25) is 0 Å². The van der Waals surface area contributed by atoms with E-state index in [1.807, 2.05) is 44.4 Å². The molecule has 3 nitrogen and oxygen atoms in total. The molecule has 14 heavy (non-hydrogen) atoms. The van der Waals surface area contributed by atoms with Gasteiger partial charge in [0, 0.05) is 12.1 Å². The number of para-hydroxylation sites is 1. The number of halogens is 1. The van der Waals surface area contributed by atoms with E-state index in [1.165, 1.54) is 0 Å². The quantitative estimate of drug-likeness (QED) is 0.499. The van der Waals surface area contributed by atoms with E-state index in [1.54, 1.807) is 0 Å². The lowest BCUT2D eigenvalue weighted by Gasteiger charge is -2.28. The minimum atomic E-state index is -0.0288. The molecule has 1 amide bonds. The zero-order chi connectivity index (χ0) is 10.6. The van der Waals surface area contributed by atoms with Gasteiger partial charge in [0.05, 0.1) is 19.4 Å². The Morgan fingerprint density at radius 1 is 1.36 bits per heavy atom. The Labute approximate surface area is 92.4 Å². The molecule has 4 heteroatoms. The third kappa shape index (κ3) is 2.82. The summed E-state index contributed by atoms with van der Waals surface area (Å²) in [5.41, 5.74) is 3.92. The van der Waals surface area contributed by atoms with Crippen LogP contribution in [-0.2, 0) is 4.79 Å². The Kier molecular flexibility index (Phi) is 3.66. The highest BCUT2D eigenvalue weighted by atomic mass is 79.9. The van der Waals surface area contributed by atoms with Crippen LogP contribution in [0.5, 0.6) is 0 Å². The second-order valence-corrected chi connectivity index (χ2v) is 4.02. The number of hydrogen-bond acceptors (Lipinski definition) is 1. The number of quaternary nitrogens is 1. The molecule has 0 aliphatic rings. The zero-order valence-electron chi connectivity index (χ0n) is 8.33. The smallest absolute Gasteiger partial charge is 0.269 e. The van der Waals surface area contributed by atoms with Crippen molar-refractivity contribution in [2.24, 2.45) is 0 Å². The molecular weight excluding hydrogens is 244 g/mol. The first-order chi connectivity index (χ1) is 6.56. The van der Waals surface area contributed by atoms with Gasteiger partial charge in [-0.15, -0.1) is 0 Å². The van der Waals surface area contributed by atoms with Crippen molar-refractivity contribution in [3.63, 3.8) is 0 Å². The van der Waals surface area contributed by atoms with E-state index < -0.39 is 0 Å². The summed E-state index contributed by atoms with van der Waals surface area (Å²) in [5.74, 6) is -0.0288. The van der Waals surface area contributed by atoms with Crippen molar-refractivity contribution >= 4 is 27.5 Å². The molecule has 0 saturated heterocycles. The lowest BCUT2D eigenvalue weighted by atomic mass is 10.3. The number of nitrogens with zero attached hydrogens (tertiary/aromatic N) is 1. The molecule has 0 aromatic heterocycles. The fourth-order valence-electron chi connectivity index (χ4n) is 1.21. The molecule has 0 bridgehead atoms.